The third-order valence-electron chi connectivity index (χ3n) is 3.10. The Morgan fingerprint density at radius 1 is 0.833 bits per heavy atom. The molecule has 0 amide bonds. The fraction of sp³-hybridized carbons (Fsp3) is 0. The maximum atomic E-state index is 10.1. The van der Waals surface area contributed by atoms with Crippen LogP contribution in [-0.2, 0) is 4.79 Å². The Morgan fingerprint density at radius 2 is 1.42 bits per heavy atom. The van der Waals surface area contributed by atoms with Crippen LogP contribution in [0, 0.1) is 0 Å². The summed E-state index contributed by atoms with van der Waals surface area (Å²) in [4.78, 5) is 10.1. The van der Waals surface area contributed by atoms with Gasteiger partial charge in [-0.05, 0) is 58.8 Å². The third kappa shape index (κ3) is 5.44. The van der Waals surface area contributed by atoms with E-state index in [-0.39, 0.29) is 5.75 Å². The number of carbonyl (C=O) groups is 1. The van der Waals surface area contributed by atoms with Gasteiger partial charge in [-0.15, -0.1) is 0 Å². The van der Waals surface area contributed by atoms with Gasteiger partial charge in [0.2, 0.25) is 0 Å². The molecule has 0 unspecified atom stereocenters. The van der Waals surface area contributed by atoms with E-state index in [0.29, 0.717) is 5.75 Å². The molecule has 3 aromatic rings. The van der Waals surface area contributed by atoms with E-state index in [1.807, 2.05) is 24.3 Å². The first-order valence-electron chi connectivity index (χ1n) is 7.02. The molecule has 0 aliphatic rings. The molecular formula is C19H15BrO4. The number of hydrogen-bond donors (Lipinski definition) is 3. The van der Waals surface area contributed by atoms with E-state index in [2.05, 4.69) is 15.9 Å². The summed E-state index contributed by atoms with van der Waals surface area (Å²) in [5.41, 5.74) is 0.746. The molecule has 5 heteroatoms. The molecule has 0 aromatic heterocycles. The van der Waals surface area contributed by atoms with Gasteiger partial charge in [0.15, 0.2) is 0 Å². The molecule has 0 fully saturated rings. The van der Waals surface area contributed by atoms with E-state index in [1.165, 1.54) is 18.2 Å². The first-order valence-corrected chi connectivity index (χ1v) is 7.82. The normalized spacial score (nSPS) is 10.4. The van der Waals surface area contributed by atoms with Gasteiger partial charge in [0, 0.05) is 10.5 Å². The van der Waals surface area contributed by atoms with Crippen molar-refractivity contribution in [1.82, 2.24) is 0 Å². The number of carboxylic acids is 1. The molecule has 0 aliphatic heterocycles. The number of phenolic OH excluding ortho intramolecular Hbond substituents is 2. The molecule has 24 heavy (non-hydrogen) atoms. The van der Waals surface area contributed by atoms with E-state index < -0.39 is 5.97 Å². The molecule has 0 heterocycles. The first kappa shape index (κ1) is 17.6. The van der Waals surface area contributed by atoms with Crippen LogP contribution in [0.1, 0.15) is 5.56 Å². The second-order valence-electron chi connectivity index (χ2n) is 4.94. The van der Waals surface area contributed by atoms with E-state index in [9.17, 15) is 9.90 Å². The van der Waals surface area contributed by atoms with Crippen molar-refractivity contribution < 1.29 is 20.1 Å². The van der Waals surface area contributed by atoms with E-state index in [0.717, 1.165) is 26.9 Å². The van der Waals surface area contributed by atoms with Crippen LogP contribution < -0.4 is 0 Å². The van der Waals surface area contributed by atoms with Crippen molar-refractivity contribution in [3.05, 3.63) is 76.8 Å². The molecule has 3 aromatic carbocycles. The summed E-state index contributed by atoms with van der Waals surface area (Å²) in [6, 6.07) is 17.6. The Balaban J connectivity index is 0.000000174. The highest BCUT2D eigenvalue weighted by Crippen LogP contribution is 2.23. The van der Waals surface area contributed by atoms with Crippen LogP contribution in [0.15, 0.2) is 71.2 Å². The highest BCUT2D eigenvalue weighted by atomic mass is 79.9. The maximum absolute atomic E-state index is 10.1. The summed E-state index contributed by atoms with van der Waals surface area (Å²) >= 11 is 3.39. The van der Waals surface area contributed by atoms with Crippen LogP contribution in [0.25, 0.3) is 16.8 Å². The summed E-state index contributed by atoms with van der Waals surface area (Å²) in [7, 11) is 0. The summed E-state index contributed by atoms with van der Waals surface area (Å²) in [6.45, 7) is 0. The van der Waals surface area contributed by atoms with Crippen LogP contribution in [0.2, 0.25) is 0 Å². The third-order valence-corrected chi connectivity index (χ3v) is 3.59. The summed E-state index contributed by atoms with van der Waals surface area (Å²) in [6.07, 6.45) is 2.51. The number of fused-ring (bicyclic) bond motifs is 1. The largest absolute Gasteiger partial charge is 0.508 e. The maximum Gasteiger partial charge on any atom is 0.328 e. The number of carboxylic acid groups (broad SMARTS) is 1. The van der Waals surface area contributed by atoms with Gasteiger partial charge in [-0.25, -0.2) is 4.79 Å². The number of benzene rings is 3. The fourth-order valence-electron chi connectivity index (χ4n) is 1.96. The predicted octanol–water partition coefficient (Wildman–Crippen LogP) is 4.80. The average Bonchev–Trinajstić information content (AvgIpc) is 2.55. The lowest BCUT2D eigenvalue weighted by atomic mass is 10.1. The zero-order chi connectivity index (χ0) is 17.5. The lowest BCUT2D eigenvalue weighted by molar-refractivity contribution is -0.131. The average molecular weight is 387 g/mol. The van der Waals surface area contributed by atoms with Gasteiger partial charge in [-0.1, -0.05) is 40.2 Å². The second kappa shape index (κ2) is 8.17. The minimum Gasteiger partial charge on any atom is -0.508 e. The predicted molar refractivity (Wildman–Crippen MR) is 98.1 cm³/mol. The lowest BCUT2D eigenvalue weighted by Crippen LogP contribution is -1.85. The molecule has 0 bridgehead atoms. The van der Waals surface area contributed by atoms with Crippen molar-refractivity contribution in [2.45, 2.75) is 0 Å². The van der Waals surface area contributed by atoms with Crippen molar-refractivity contribution in [2.75, 3.05) is 0 Å². The molecule has 0 atom stereocenters. The number of aliphatic carboxylic acids is 1. The molecule has 4 nitrogen and oxygen atoms in total. The van der Waals surface area contributed by atoms with Gasteiger partial charge >= 0.3 is 5.97 Å². The molecule has 0 saturated heterocycles. The van der Waals surface area contributed by atoms with Gasteiger partial charge in [0.1, 0.15) is 11.5 Å². The van der Waals surface area contributed by atoms with Gasteiger partial charge in [-0.2, -0.15) is 0 Å². The monoisotopic (exact) mass is 386 g/mol. The number of rotatable bonds is 2. The summed E-state index contributed by atoms with van der Waals surface area (Å²) in [5.74, 6) is -0.504. The van der Waals surface area contributed by atoms with Gasteiger partial charge < -0.3 is 15.3 Å². The van der Waals surface area contributed by atoms with E-state index in [1.54, 1.807) is 24.3 Å². The molecule has 3 N–H and O–H groups in total. The number of halogens is 1. The van der Waals surface area contributed by atoms with Crippen LogP contribution in [0.3, 0.4) is 0 Å². The summed E-state index contributed by atoms with van der Waals surface area (Å²) in [5, 5.41) is 28.6. The SMILES string of the molecule is O=C(O)/C=C/c1ccc(O)cc1.Oc1ccc2cc(Br)ccc2c1. The standard InChI is InChI=1S/C10H7BrO.C9H8O3/c11-9-3-1-8-6-10(12)4-2-7(8)5-9;10-8-4-1-7(2-5-8)3-6-9(11)12/h1-6,12H;1-6,10H,(H,11,12)/b;6-3+. The molecule has 0 saturated carbocycles. The highest BCUT2D eigenvalue weighted by molar-refractivity contribution is 9.10. The highest BCUT2D eigenvalue weighted by Gasteiger charge is 1.94. The molecule has 3 rings (SSSR count). The number of aromatic hydroxyl groups is 2. The Kier molecular flexibility index (Phi) is 5.98. The molecular weight excluding hydrogens is 372 g/mol. The van der Waals surface area contributed by atoms with Crippen molar-refractivity contribution in [3.8, 4) is 11.5 Å². The van der Waals surface area contributed by atoms with E-state index >= 15 is 0 Å². The minimum atomic E-state index is -0.983. The smallest absolute Gasteiger partial charge is 0.328 e. The number of phenols is 2. The zero-order valence-electron chi connectivity index (χ0n) is 12.6. The van der Waals surface area contributed by atoms with Crippen molar-refractivity contribution >= 4 is 38.7 Å². The van der Waals surface area contributed by atoms with Gasteiger partial charge in [-0.3, -0.25) is 0 Å². The minimum absolute atomic E-state index is 0.169. The Hall–Kier alpha value is -2.79. The quantitative estimate of drug-likeness (QED) is 0.552. The van der Waals surface area contributed by atoms with Gasteiger partial charge in [0.05, 0.1) is 0 Å². The van der Waals surface area contributed by atoms with Crippen LogP contribution in [0.4, 0.5) is 0 Å². The van der Waals surface area contributed by atoms with Crippen LogP contribution in [-0.4, -0.2) is 21.3 Å². The summed E-state index contributed by atoms with van der Waals surface area (Å²) < 4.78 is 1.06. The molecule has 0 spiro atoms. The first-order chi connectivity index (χ1) is 11.4. The van der Waals surface area contributed by atoms with Crippen LogP contribution >= 0.6 is 15.9 Å². The van der Waals surface area contributed by atoms with Crippen LogP contribution in [0.5, 0.6) is 11.5 Å². The Morgan fingerprint density at radius 3 is 2.08 bits per heavy atom. The molecule has 0 aliphatic carbocycles. The second-order valence-corrected chi connectivity index (χ2v) is 5.85. The topological polar surface area (TPSA) is 77.8 Å². The Labute approximate surface area is 147 Å². The Bertz CT molecular complexity index is 829. The number of hydrogen-bond acceptors (Lipinski definition) is 3. The van der Waals surface area contributed by atoms with Crippen molar-refractivity contribution in [1.29, 1.82) is 0 Å². The van der Waals surface area contributed by atoms with Crippen molar-refractivity contribution in [2.24, 2.45) is 0 Å². The zero-order valence-corrected chi connectivity index (χ0v) is 14.1. The molecule has 0 radical (unpaired) electrons. The molecule has 122 valence electrons. The lowest BCUT2D eigenvalue weighted by Gasteiger charge is -1.98. The fourth-order valence-corrected chi connectivity index (χ4v) is 2.34. The van der Waals surface area contributed by atoms with Gasteiger partial charge in [0.25, 0.3) is 0 Å². The van der Waals surface area contributed by atoms with E-state index in [4.69, 9.17) is 10.2 Å². The van der Waals surface area contributed by atoms with Crippen molar-refractivity contribution in [3.63, 3.8) is 0 Å².